The molecule has 2 heterocycles. The van der Waals surface area contributed by atoms with Crippen molar-refractivity contribution in [1.29, 1.82) is 0 Å². The van der Waals surface area contributed by atoms with Gasteiger partial charge < -0.3 is 59.2 Å². The zero-order valence-corrected chi connectivity index (χ0v) is 51.9. The zero-order valence-electron chi connectivity index (χ0n) is 48.6. The molecule has 14 heteroatoms. The van der Waals surface area contributed by atoms with Crippen LogP contribution < -0.4 is 40.0 Å². The molecule has 0 atom stereocenters. The molecule has 0 bridgehead atoms. The molecule has 0 N–H and O–H groups in total. The minimum absolute atomic E-state index is 0. The molecule has 4 aromatic rings. The van der Waals surface area contributed by atoms with Crippen LogP contribution in [0.15, 0.2) is 97.6 Å². The normalized spacial score (nSPS) is 12.3. The van der Waals surface area contributed by atoms with E-state index in [2.05, 4.69) is 241 Å². The molecule has 418 valence electrons. The minimum atomic E-state index is -1.08. The van der Waals surface area contributed by atoms with E-state index in [1.807, 2.05) is 0 Å². The summed E-state index contributed by atoms with van der Waals surface area (Å²) >= 11 is 0. The van der Waals surface area contributed by atoms with E-state index in [-0.39, 0.29) is 39.0 Å². The number of hydrogen-bond donors (Lipinski definition) is 0. The summed E-state index contributed by atoms with van der Waals surface area (Å²) in [5.41, 5.74) is 16.1. The van der Waals surface area contributed by atoms with Gasteiger partial charge in [0.25, 0.3) is 0 Å². The fourth-order valence-corrected chi connectivity index (χ4v) is 8.29. The molecule has 0 saturated heterocycles. The number of nitrogens with zero attached hydrogens (tertiary/aromatic N) is 4. The van der Waals surface area contributed by atoms with Gasteiger partial charge in [0.15, 0.2) is 0 Å². The van der Waals surface area contributed by atoms with Crippen LogP contribution in [0.5, 0.6) is 0 Å². The van der Waals surface area contributed by atoms with Crippen molar-refractivity contribution in [3.05, 3.63) is 155 Å². The molecule has 2 aliphatic rings. The van der Waals surface area contributed by atoms with Crippen LogP contribution >= 0.6 is 0 Å². The van der Waals surface area contributed by atoms with Gasteiger partial charge in [0.1, 0.15) is 0 Å². The van der Waals surface area contributed by atoms with E-state index in [4.69, 9.17) is 39.6 Å². The number of carbonyl (C=O) groups is 4. The van der Waals surface area contributed by atoms with Crippen LogP contribution in [-0.4, -0.2) is 23.9 Å². The Hall–Kier alpha value is -5.31. The summed E-state index contributed by atoms with van der Waals surface area (Å²) < 4.78 is 0. The van der Waals surface area contributed by atoms with Crippen molar-refractivity contribution in [3.8, 4) is 0 Å². The van der Waals surface area contributed by atoms with Crippen molar-refractivity contribution in [3.63, 3.8) is 0 Å². The first-order valence-electron chi connectivity index (χ1n) is 25.6. The van der Waals surface area contributed by atoms with E-state index < -0.39 is 23.9 Å². The molecule has 4 aromatic carbocycles. The van der Waals surface area contributed by atoms with Gasteiger partial charge in [-0.05, 0) is 120 Å². The molecule has 6 radical (unpaired) electrons. The fraction of sp³-hybridized carbons (Fsp3) is 0.452. The van der Waals surface area contributed by atoms with E-state index in [0.717, 1.165) is 27.7 Å². The summed E-state index contributed by atoms with van der Waals surface area (Å²) in [6.07, 6.45) is 8.64. The van der Waals surface area contributed by atoms with Crippen molar-refractivity contribution in [2.45, 2.75) is 186 Å². The van der Waals surface area contributed by atoms with Gasteiger partial charge in [-0.15, -0.1) is 0 Å². The predicted octanol–water partition coefficient (Wildman–Crippen LogP) is 11.0. The average molecular weight is 1220 g/mol. The van der Waals surface area contributed by atoms with Crippen molar-refractivity contribution in [1.82, 2.24) is 0 Å². The summed E-state index contributed by atoms with van der Waals surface area (Å²) in [6.45, 7) is 47.5. The van der Waals surface area contributed by atoms with E-state index in [1.54, 1.807) is 0 Å². The first-order valence-corrected chi connectivity index (χ1v) is 25.6. The first kappa shape index (κ1) is 72.8. The van der Waals surface area contributed by atoms with Crippen molar-refractivity contribution < 1.29 is 78.6 Å². The predicted molar refractivity (Wildman–Crippen MR) is 296 cm³/mol. The van der Waals surface area contributed by atoms with Crippen LogP contribution in [0, 0.1) is 13.3 Å². The van der Waals surface area contributed by atoms with Crippen LogP contribution in [0.25, 0.3) is 0 Å². The third-order valence-electron chi connectivity index (χ3n) is 11.5. The van der Waals surface area contributed by atoms with Gasteiger partial charge in [-0.2, -0.15) is 0 Å². The third-order valence-corrected chi connectivity index (χ3v) is 11.5. The second-order valence-electron chi connectivity index (χ2n) is 20.6. The standard InChI is InChI=1S/2C27H36N2.4C2H4O2.2Rh/c2*1-18(2)22-11-9-12-23(19(3)4)26(22)28-15-16-29(17-28)27-24(20(5)6)13-10-14-25(27)21(7)8;4*1-2(3)4;;/h2*9-16,18-21H,1-8H3;4*1H3,(H,3,4);;/q;;;;;;2*+2/p-4. The van der Waals surface area contributed by atoms with Gasteiger partial charge in [-0.1, -0.05) is 184 Å². The summed E-state index contributed by atoms with van der Waals surface area (Å²) in [4.78, 5) is 44.4. The number of carboxylic acid groups (broad SMARTS) is 4. The Morgan fingerprint density at radius 2 is 0.408 bits per heavy atom. The fourth-order valence-electron chi connectivity index (χ4n) is 8.29. The number of aliphatic carboxylic acids is 4. The molecule has 0 spiro atoms. The van der Waals surface area contributed by atoms with Crippen LogP contribution in [0.3, 0.4) is 0 Å². The van der Waals surface area contributed by atoms with Crippen molar-refractivity contribution in [2.24, 2.45) is 0 Å². The molecule has 0 aromatic heterocycles. The van der Waals surface area contributed by atoms with Gasteiger partial charge in [0, 0.05) is 48.7 Å². The van der Waals surface area contributed by atoms with Gasteiger partial charge in [-0.25, -0.2) is 0 Å². The maximum atomic E-state index is 8.89. The van der Waals surface area contributed by atoms with Gasteiger partial charge in [0.2, 0.25) is 13.3 Å². The number of carboxylic acids is 4. The summed E-state index contributed by atoms with van der Waals surface area (Å²) in [6, 6.07) is 26.8. The molecule has 0 aliphatic carbocycles. The van der Waals surface area contributed by atoms with Gasteiger partial charge in [0.05, 0.1) is 22.7 Å². The number of benzene rings is 4. The first-order chi connectivity index (χ1) is 34.4. The molecule has 6 rings (SSSR count). The van der Waals surface area contributed by atoms with Crippen LogP contribution in [0.4, 0.5) is 22.7 Å². The molecule has 0 unspecified atom stereocenters. The summed E-state index contributed by atoms with van der Waals surface area (Å²) in [7, 11) is 0. The zero-order chi connectivity index (χ0) is 56.9. The number of rotatable bonds is 12. The Morgan fingerprint density at radius 3 is 0.500 bits per heavy atom. The van der Waals surface area contributed by atoms with Crippen LogP contribution in [0.1, 0.15) is 230 Å². The average Bonchev–Trinajstić information content (AvgIpc) is 3.98. The Balaban J connectivity index is 0. The van der Waals surface area contributed by atoms with E-state index in [9.17, 15) is 0 Å². The molecule has 0 amide bonds. The smallest absolute Gasteiger partial charge is 0.550 e. The van der Waals surface area contributed by atoms with Crippen molar-refractivity contribution >= 4 is 46.6 Å². The largest absolute Gasteiger partial charge is 2.00 e. The number of anilines is 4. The SMILES string of the molecule is CC(=O)[O-].CC(=O)[O-].CC(=O)[O-].CC(=O)[O-].CC(C)c1cccc(C(C)C)c1N1[C]N(c2c(C(C)C)cccc2C(C)C)C=C1.CC(C)c1cccc(C(C)C)c1N1[C]N(c2c(C(C)C)cccc2C(C)C)C=C1.[Rh+2].[Rh+2]. The molecule has 0 saturated carbocycles. The number of carbonyl (C=O) groups excluding carboxylic acids is 4. The quantitative estimate of drug-likeness (QED) is 0.123. The minimum Gasteiger partial charge on any atom is -0.550 e. The Labute approximate surface area is 483 Å². The molecule has 12 nitrogen and oxygen atoms in total. The van der Waals surface area contributed by atoms with Crippen molar-refractivity contribution in [2.75, 3.05) is 19.6 Å². The summed E-state index contributed by atoms with van der Waals surface area (Å²) in [5, 5.41) is 35.6. The van der Waals surface area contributed by atoms with E-state index >= 15 is 0 Å². The molecular formula is C62H84N4O8Rh2. The summed E-state index contributed by atoms with van der Waals surface area (Å²) in [5.74, 6) is -0.651. The molecule has 0 fully saturated rings. The Kier molecular flexibility index (Phi) is 33.7. The number of para-hydroxylation sites is 4. The van der Waals surface area contributed by atoms with Crippen LogP contribution in [0.2, 0.25) is 0 Å². The second kappa shape index (κ2) is 35.2. The second-order valence-corrected chi connectivity index (χ2v) is 20.6. The maximum Gasteiger partial charge on any atom is 2.00 e. The van der Waals surface area contributed by atoms with E-state index in [1.165, 1.54) is 67.3 Å². The monoisotopic (exact) mass is 1220 g/mol. The molecular weight excluding hydrogens is 1130 g/mol. The number of hydrogen-bond acceptors (Lipinski definition) is 12. The molecule has 2 aliphatic heterocycles. The third kappa shape index (κ3) is 23.1. The topological polar surface area (TPSA) is 173 Å². The Bertz CT molecular complexity index is 2040. The van der Waals surface area contributed by atoms with Gasteiger partial charge in [-0.3, -0.25) is 0 Å². The Morgan fingerprint density at radius 1 is 0.303 bits per heavy atom. The van der Waals surface area contributed by atoms with Gasteiger partial charge >= 0.3 is 39.0 Å². The van der Waals surface area contributed by atoms with E-state index in [0.29, 0.717) is 47.3 Å². The maximum absolute atomic E-state index is 8.89. The molecule has 76 heavy (non-hydrogen) atoms. The van der Waals surface area contributed by atoms with Crippen LogP contribution in [-0.2, 0) is 58.1 Å².